The van der Waals surface area contributed by atoms with Crippen molar-refractivity contribution < 1.29 is 19.5 Å². The van der Waals surface area contributed by atoms with Crippen LogP contribution in [0.15, 0.2) is 0 Å². The Morgan fingerprint density at radius 3 is 2.55 bits per heavy atom. The molecule has 2 aliphatic rings. The molecule has 2 rings (SSSR count). The van der Waals surface area contributed by atoms with Crippen LogP contribution in [-0.2, 0) is 14.4 Å². The van der Waals surface area contributed by atoms with Crippen LogP contribution in [-0.4, -0.2) is 60.9 Å². The van der Waals surface area contributed by atoms with Crippen LogP contribution < -0.4 is 0 Å². The van der Waals surface area contributed by atoms with Gasteiger partial charge in [0.05, 0.1) is 4.08 Å². The Balaban J connectivity index is 2.07. The minimum absolute atomic E-state index is 0.0225. The number of aliphatic carboxylic acids is 1. The van der Waals surface area contributed by atoms with Gasteiger partial charge in [0.25, 0.3) is 0 Å². The average molecular weight is 364 g/mol. The first kappa shape index (κ1) is 18.0. The van der Waals surface area contributed by atoms with Gasteiger partial charge in [-0.1, -0.05) is 18.7 Å². The highest BCUT2D eigenvalue weighted by atomic mass is 32.2. The van der Waals surface area contributed by atoms with Crippen molar-refractivity contribution in [2.75, 3.05) is 23.8 Å². The van der Waals surface area contributed by atoms with E-state index < -0.39 is 12.0 Å². The van der Waals surface area contributed by atoms with E-state index in [1.54, 1.807) is 30.4 Å². The third-order valence-electron chi connectivity index (χ3n) is 3.84. The van der Waals surface area contributed by atoms with Crippen molar-refractivity contribution in [1.29, 1.82) is 0 Å². The molecule has 1 N–H and O–H groups in total. The highest BCUT2D eigenvalue weighted by molar-refractivity contribution is 8.18. The molecule has 5 nitrogen and oxygen atoms in total. The molecule has 0 aromatic rings. The first-order chi connectivity index (χ1) is 10.3. The summed E-state index contributed by atoms with van der Waals surface area (Å²) in [5.41, 5.74) is 0. The standard InChI is InChI=1S/C14H21NO4S3/c1-9(7-20-10(2)16)12(17)15-8-14(6-11(15)13(18)19)21-4-3-5-22-14/h9,11H,3-8H2,1-2H3,(H,18,19)/t9-,11?/m1/s1. The van der Waals surface area contributed by atoms with Crippen LogP contribution >= 0.6 is 35.3 Å². The number of rotatable bonds is 4. The van der Waals surface area contributed by atoms with Crippen LogP contribution in [0.25, 0.3) is 0 Å². The quantitative estimate of drug-likeness (QED) is 0.820. The maximum Gasteiger partial charge on any atom is 0.326 e. The van der Waals surface area contributed by atoms with E-state index in [-0.39, 0.29) is 21.0 Å². The maximum absolute atomic E-state index is 12.6. The summed E-state index contributed by atoms with van der Waals surface area (Å²) in [6.45, 7) is 3.73. The largest absolute Gasteiger partial charge is 0.480 e. The Labute approximate surface area is 143 Å². The first-order valence-electron chi connectivity index (χ1n) is 7.29. The lowest BCUT2D eigenvalue weighted by Gasteiger charge is -2.32. The molecule has 1 unspecified atom stereocenters. The summed E-state index contributed by atoms with van der Waals surface area (Å²) in [4.78, 5) is 36.7. The molecule has 2 heterocycles. The molecular formula is C14H21NO4S3. The predicted molar refractivity (Wildman–Crippen MR) is 92.3 cm³/mol. The monoisotopic (exact) mass is 363 g/mol. The lowest BCUT2D eigenvalue weighted by atomic mass is 10.1. The molecule has 22 heavy (non-hydrogen) atoms. The molecule has 2 atom stereocenters. The van der Waals surface area contributed by atoms with Gasteiger partial charge in [-0.15, -0.1) is 23.5 Å². The van der Waals surface area contributed by atoms with Crippen molar-refractivity contribution in [1.82, 2.24) is 4.90 Å². The van der Waals surface area contributed by atoms with Crippen LogP contribution in [0, 0.1) is 5.92 Å². The summed E-state index contributed by atoms with van der Waals surface area (Å²) >= 11 is 4.70. The van der Waals surface area contributed by atoms with Crippen LogP contribution in [0.5, 0.6) is 0 Å². The van der Waals surface area contributed by atoms with E-state index in [1.807, 2.05) is 0 Å². The van der Waals surface area contributed by atoms with E-state index in [9.17, 15) is 19.5 Å². The second-order valence-electron chi connectivity index (χ2n) is 5.69. The van der Waals surface area contributed by atoms with E-state index >= 15 is 0 Å². The molecule has 0 radical (unpaired) electrons. The number of carboxylic acids is 1. The van der Waals surface area contributed by atoms with Crippen molar-refractivity contribution in [3.8, 4) is 0 Å². The predicted octanol–water partition coefficient (Wildman–Crippen LogP) is 2.15. The highest BCUT2D eigenvalue weighted by Crippen LogP contribution is 2.50. The number of carbonyl (C=O) groups excluding carboxylic acids is 2. The van der Waals surface area contributed by atoms with E-state index in [4.69, 9.17) is 0 Å². The second kappa shape index (κ2) is 7.49. The fourth-order valence-electron chi connectivity index (χ4n) is 2.71. The normalized spacial score (nSPS) is 25.2. The van der Waals surface area contributed by atoms with Crippen molar-refractivity contribution in [2.24, 2.45) is 5.92 Å². The van der Waals surface area contributed by atoms with Gasteiger partial charge in [0.1, 0.15) is 6.04 Å². The number of hydrogen-bond acceptors (Lipinski definition) is 6. The van der Waals surface area contributed by atoms with Crippen molar-refractivity contribution >= 4 is 52.3 Å². The molecule has 0 bridgehead atoms. The molecule has 2 saturated heterocycles. The van der Waals surface area contributed by atoms with E-state index in [1.165, 1.54) is 11.8 Å². The van der Waals surface area contributed by atoms with Crippen molar-refractivity contribution in [3.63, 3.8) is 0 Å². The van der Waals surface area contributed by atoms with Gasteiger partial charge in [0, 0.05) is 31.6 Å². The minimum Gasteiger partial charge on any atom is -0.480 e. The molecule has 2 aliphatic heterocycles. The number of amides is 1. The maximum atomic E-state index is 12.6. The Bertz CT molecular complexity index is 465. The Hall–Kier alpha value is -0.340. The number of carbonyl (C=O) groups is 3. The molecule has 1 spiro atoms. The lowest BCUT2D eigenvalue weighted by Crippen LogP contribution is -2.44. The SMILES string of the molecule is CC(=O)SC[C@@H](C)C(=O)N1CC2(CC1C(=O)O)SCCCS2. The van der Waals surface area contributed by atoms with Crippen molar-refractivity contribution in [2.45, 2.75) is 36.8 Å². The Morgan fingerprint density at radius 2 is 2.00 bits per heavy atom. The summed E-state index contributed by atoms with van der Waals surface area (Å²) in [5.74, 6) is 1.04. The fraction of sp³-hybridized carbons (Fsp3) is 0.786. The number of likely N-dealkylation sites (tertiary alicyclic amines) is 1. The average Bonchev–Trinajstić information content (AvgIpc) is 2.84. The first-order valence-corrected chi connectivity index (χ1v) is 10.2. The minimum atomic E-state index is -0.927. The molecule has 0 aliphatic carbocycles. The second-order valence-corrected chi connectivity index (χ2v) is 10.1. The van der Waals surface area contributed by atoms with E-state index in [0.29, 0.717) is 18.7 Å². The molecule has 124 valence electrons. The third kappa shape index (κ3) is 4.14. The fourth-order valence-corrected chi connectivity index (χ4v) is 6.69. The highest BCUT2D eigenvalue weighted by Gasteiger charge is 2.50. The lowest BCUT2D eigenvalue weighted by molar-refractivity contribution is -0.149. The van der Waals surface area contributed by atoms with Crippen LogP contribution in [0.1, 0.15) is 26.7 Å². The molecule has 0 saturated carbocycles. The molecule has 0 aromatic heterocycles. The van der Waals surface area contributed by atoms with Crippen LogP contribution in [0.4, 0.5) is 0 Å². The zero-order valence-electron chi connectivity index (χ0n) is 12.7. The van der Waals surface area contributed by atoms with Gasteiger partial charge >= 0.3 is 5.97 Å². The van der Waals surface area contributed by atoms with Crippen LogP contribution in [0.2, 0.25) is 0 Å². The van der Waals surface area contributed by atoms with Crippen molar-refractivity contribution in [3.05, 3.63) is 0 Å². The smallest absolute Gasteiger partial charge is 0.326 e. The van der Waals surface area contributed by atoms with Gasteiger partial charge in [-0.05, 0) is 17.9 Å². The van der Waals surface area contributed by atoms with Crippen LogP contribution in [0.3, 0.4) is 0 Å². The zero-order chi connectivity index (χ0) is 16.3. The van der Waals surface area contributed by atoms with Gasteiger partial charge < -0.3 is 10.0 Å². The summed E-state index contributed by atoms with van der Waals surface area (Å²) in [6, 6.07) is -0.740. The Morgan fingerprint density at radius 1 is 1.36 bits per heavy atom. The summed E-state index contributed by atoms with van der Waals surface area (Å²) in [7, 11) is 0. The van der Waals surface area contributed by atoms with Gasteiger partial charge in [-0.2, -0.15) is 0 Å². The molecule has 1 amide bonds. The number of hydrogen-bond donors (Lipinski definition) is 1. The zero-order valence-corrected chi connectivity index (χ0v) is 15.2. The Kier molecular flexibility index (Phi) is 6.13. The van der Waals surface area contributed by atoms with Gasteiger partial charge in [0.2, 0.25) is 5.91 Å². The molecule has 0 aromatic carbocycles. The molecular weight excluding hydrogens is 342 g/mol. The van der Waals surface area contributed by atoms with E-state index in [2.05, 4.69) is 0 Å². The van der Waals surface area contributed by atoms with Gasteiger partial charge in [-0.3, -0.25) is 9.59 Å². The molecule has 8 heteroatoms. The molecule has 2 fully saturated rings. The number of thioether (sulfide) groups is 3. The topological polar surface area (TPSA) is 74.7 Å². The van der Waals surface area contributed by atoms with Gasteiger partial charge in [0.15, 0.2) is 5.12 Å². The summed E-state index contributed by atoms with van der Waals surface area (Å²) in [5, 5.41) is 9.45. The summed E-state index contributed by atoms with van der Waals surface area (Å²) < 4.78 is -0.162. The number of nitrogens with zero attached hydrogens (tertiary/aromatic N) is 1. The van der Waals surface area contributed by atoms with Gasteiger partial charge in [-0.25, -0.2) is 4.79 Å². The van der Waals surface area contributed by atoms with E-state index in [0.717, 1.165) is 29.7 Å². The third-order valence-corrected chi connectivity index (χ3v) is 8.25. The summed E-state index contributed by atoms with van der Waals surface area (Å²) in [6.07, 6.45) is 1.64. The number of carboxylic acid groups (broad SMARTS) is 1.